The average Bonchev–Trinajstić information content (AvgIpc) is 1.94. The number of hydrogen-bond donors (Lipinski definition) is 2. The third kappa shape index (κ3) is 2.15. The molecule has 0 aromatic heterocycles. The Morgan fingerprint density at radius 2 is 1.91 bits per heavy atom. The Hall–Kier alpha value is -0.120. The van der Waals surface area contributed by atoms with Crippen LogP contribution in [0.2, 0.25) is 0 Å². The first-order valence-corrected chi connectivity index (χ1v) is 4.09. The van der Waals surface area contributed by atoms with Gasteiger partial charge in [-0.05, 0) is 5.92 Å². The maximum atomic E-state index is 9.27. The second-order valence-electron chi connectivity index (χ2n) is 3.49. The zero-order chi connectivity index (χ0) is 8.43. The van der Waals surface area contributed by atoms with Gasteiger partial charge in [-0.3, -0.25) is 0 Å². The summed E-state index contributed by atoms with van der Waals surface area (Å²) in [5, 5.41) is 18.4. The van der Waals surface area contributed by atoms with Crippen LogP contribution in [-0.4, -0.2) is 35.1 Å². The molecule has 0 radical (unpaired) electrons. The van der Waals surface area contributed by atoms with Gasteiger partial charge in [-0.15, -0.1) is 0 Å². The minimum absolute atomic E-state index is 0.105. The van der Waals surface area contributed by atoms with Gasteiger partial charge in [-0.25, -0.2) is 0 Å². The second kappa shape index (κ2) is 3.52. The zero-order valence-electron chi connectivity index (χ0n) is 7.03. The predicted octanol–water partition coefficient (Wildman–Crippen LogP) is 0.153. The van der Waals surface area contributed by atoms with Crippen LogP contribution in [0.1, 0.15) is 20.3 Å². The van der Waals surface area contributed by atoms with Crippen molar-refractivity contribution in [2.24, 2.45) is 5.92 Å². The highest BCUT2D eigenvalue weighted by Crippen LogP contribution is 2.20. The van der Waals surface area contributed by atoms with Crippen LogP contribution in [0.25, 0.3) is 0 Å². The van der Waals surface area contributed by atoms with E-state index in [-0.39, 0.29) is 12.7 Å². The van der Waals surface area contributed by atoms with Crippen LogP contribution in [-0.2, 0) is 4.74 Å². The Kier molecular flexibility index (Phi) is 2.87. The molecule has 66 valence electrons. The summed E-state index contributed by atoms with van der Waals surface area (Å²) in [5.41, 5.74) is 0. The number of aliphatic hydroxyl groups is 2. The molecule has 0 aliphatic carbocycles. The first kappa shape index (κ1) is 8.97. The molecule has 1 aliphatic rings. The van der Waals surface area contributed by atoms with Crippen molar-refractivity contribution in [2.45, 2.75) is 38.6 Å². The first-order chi connectivity index (χ1) is 5.11. The molecule has 3 heteroatoms. The van der Waals surface area contributed by atoms with E-state index in [9.17, 15) is 5.11 Å². The molecule has 1 unspecified atom stereocenters. The Morgan fingerprint density at radius 1 is 1.27 bits per heavy atom. The third-order valence-corrected chi connectivity index (χ3v) is 2.14. The molecule has 1 rings (SSSR count). The van der Waals surface area contributed by atoms with Crippen LogP contribution in [0.15, 0.2) is 0 Å². The molecule has 1 saturated heterocycles. The van der Waals surface area contributed by atoms with Crippen molar-refractivity contribution in [3.63, 3.8) is 0 Å². The Morgan fingerprint density at radius 3 is 2.36 bits per heavy atom. The number of hydrogen-bond acceptors (Lipinski definition) is 3. The van der Waals surface area contributed by atoms with Crippen molar-refractivity contribution in [2.75, 3.05) is 6.61 Å². The summed E-state index contributed by atoms with van der Waals surface area (Å²) < 4.78 is 5.31. The summed E-state index contributed by atoms with van der Waals surface area (Å²) >= 11 is 0. The van der Waals surface area contributed by atoms with Crippen molar-refractivity contribution < 1.29 is 14.9 Å². The fourth-order valence-electron chi connectivity index (χ4n) is 1.26. The lowest BCUT2D eigenvalue weighted by atomic mass is 9.96. The maximum absolute atomic E-state index is 9.27. The van der Waals surface area contributed by atoms with Gasteiger partial charge in [0.05, 0.1) is 18.8 Å². The third-order valence-electron chi connectivity index (χ3n) is 2.14. The SMILES string of the molecule is CC(C)C1C[C@@H](O)[C@@H](O)CO1. The summed E-state index contributed by atoms with van der Waals surface area (Å²) in [4.78, 5) is 0. The van der Waals surface area contributed by atoms with Gasteiger partial charge in [-0.2, -0.15) is 0 Å². The van der Waals surface area contributed by atoms with E-state index in [1.165, 1.54) is 0 Å². The van der Waals surface area contributed by atoms with Crippen molar-refractivity contribution in [1.82, 2.24) is 0 Å². The molecule has 1 heterocycles. The summed E-state index contributed by atoms with van der Waals surface area (Å²) in [6.07, 6.45) is -0.631. The van der Waals surface area contributed by atoms with Crippen LogP contribution in [0.5, 0.6) is 0 Å². The van der Waals surface area contributed by atoms with Gasteiger partial charge in [-0.1, -0.05) is 13.8 Å². The molecule has 0 bridgehead atoms. The van der Waals surface area contributed by atoms with Crippen LogP contribution in [0.3, 0.4) is 0 Å². The normalized spacial score (nSPS) is 39.5. The molecular weight excluding hydrogens is 144 g/mol. The molecule has 3 atom stereocenters. The van der Waals surface area contributed by atoms with E-state index in [0.717, 1.165) is 0 Å². The molecule has 0 aromatic carbocycles. The lowest BCUT2D eigenvalue weighted by Crippen LogP contribution is -2.42. The number of ether oxygens (including phenoxy) is 1. The van der Waals surface area contributed by atoms with Crippen molar-refractivity contribution in [3.05, 3.63) is 0 Å². The summed E-state index contributed by atoms with van der Waals surface area (Å²) in [5.74, 6) is 0.414. The zero-order valence-corrected chi connectivity index (χ0v) is 7.03. The molecular formula is C8H16O3. The van der Waals surface area contributed by atoms with E-state index in [1.54, 1.807) is 0 Å². The molecule has 1 fully saturated rings. The Bertz CT molecular complexity index is 125. The highest BCUT2D eigenvalue weighted by Gasteiger charge is 2.29. The van der Waals surface area contributed by atoms with Gasteiger partial charge in [0.2, 0.25) is 0 Å². The van der Waals surface area contributed by atoms with Crippen LogP contribution >= 0.6 is 0 Å². The van der Waals surface area contributed by atoms with E-state index in [2.05, 4.69) is 13.8 Å². The van der Waals surface area contributed by atoms with E-state index >= 15 is 0 Å². The Labute approximate surface area is 67.0 Å². The van der Waals surface area contributed by atoms with Crippen molar-refractivity contribution in [1.29, 1.82) is 0 Å². The van der Waals surface area contributed by atoms with Crippen LogP contribution in [0.4, 0.5) is 0 Å². The first-order valence-electron chi connectivity index (χ1n) is 4.09. The van der Waals surface area contributed by atoms with Gasteiger partial charge in [0.25, 0.3) is 0 Å². The van der Waals surface area contributed by atoms with Gasteiger partial charge in [0.15, 0.2) is 0 Å². The van der Waals surface area contributed by atoms with E-state index in [4.69, 9.17) is 9.84 Å². The molecule has 0 spiro atoms. The quantitative estimate of drug-likeness (QED) is 0.574. The maximum Gasteiger partial charge on any atom is 0.103 e. The molecule has 3 nitrogen and oxygen atoms in total. The predicted molar refractivity (Wildman–Crippen MR) is 41.2 cm³/mol. The van der Waals surface area contributed by atoms with Crippen molar-refractivity contribution in [3.8, 4) is 0 Å². The topological polar surface area (TPSA) is 49.7 Å². The van der Waals surface area contributed by atoms with Crippen molar-refractivity contribution >= 4 is 0 Å². The highest BCUT2D eigenvalue weighted by atomic mass is 16.5. The van der Waals surface area contributed by atoms with E-state index in [0.29, 0.717) is 12.3 Å². The van der Waals surface area contributed by atoms with Gasteiger partial charge in [0.1, 0.15) is 6.10 Å². The second-order valence-corrected chi connectivity index (χ2v) is 3.49. The van der Waals surface area contributed by atoms with Crippen LogP contribution < -0.4 is 0 Å². The smallest absolute Gasteiger partial charge is 0.103 e. The Balaban J connectivity index is 2.40. The molecule has 0 amide bonds. The van der Waals surface area contributed by atoms with Crippen LogP contribution in [0, 0.1) is 5.92 Å². The molecule has 11 heavy (non-hydrogen) atoms. The fourth-order valence-corrected chi connectivity index (χ4v) is 1.26. The van der Waals surface area contributed by atoms with E-state index in [1.807, 2.05) is 0 Å². The fraction of sp³-hybridized carbons (Fsp3) is 1.00. The molecule has 2 N–H and O–H groups in total. The minimum Gasteiger partial charge on any atom is -0.390 e. The summed E-state index contributed by atoms with van der Waals surface area (Å²) in [7, 11) is 0. The molecule has 1 aliphatic heterocycles. The summed E-state index contributed by atoms with van der Waals surface area (Å²) in [6.45, 7) is 4.37. The highest BCUT2D eigenvalue weighted by molar-refractivity contribution is 4.78. The lowest BCUT2D eigenvalue weighted by Gasteiger charge is -2.32. The van der Waals surface area contributed by atoms with Gasteiger partial charge >= 0.3 is 0 Å². The summed E-state index contributed by atoms with van der Waals surface area (Å²) in [6, 6.07) is 0. The minimum atomic E-state index is -0.690. The van der Waals surface area contributed by atoms with E-state index < -0.39 is 12.2 Å². The molecule has 0 saturated carbocycles. The lowest BCUT2D eigenvalue weighted by molar-refractivity contribution is -0.132. The number of rotatable bonds is 1. The van der Waals surface area contributed by atoms with Gasteiger partial charge < -0.3 is 14.9 Å². The van der Waals surface area contributed by atoms with Gasteiger partial charge in [0, 0.05) is 6.42 Å². The average molecular weight is 160 g/mol. The largest absolute Gasteiger partial charge is 0.390 e. The standard InChI is InChI=1S/C8H16O3/c1-5(2)8-3-6(9)7(10)4-11-8/h5-10H,3-4H2,1-2H3/t6-,7+,8?/m1/s1. The molecule has 0 aromatic rings. The monoisotopic (exact) mass is 160 g/mol. The number of aliphatic hydroxyl groups excluding tert-OH is 2.